The van der Waals surface area contributed by atoms with Gasteiger partial charge in [0.25, 0.3) is 0 Å². The van der Waals surface area contributed by atoms with Crippen molar-refractivity contribution >= 4 is 29.9 Å². The van der Waals surface area contributed by atoms with Crippen LogP contribution in [0.25, 0.3) is 11.1 Å². The van der Waals surface area contributed by atoms with Crippen LogP contribution in [0.1, 0.15) is 25.0 Å². The van der Waals surface area contributed by atoms with Gasteiger partial charge in [0.1, 0.15) is 0 Å². The van der Waals surface area contributed by atoms with E-state index >= 15 is 0 Å². The molecule has 2 aromatic carbocycles. The summed E-state index contributed by atoms with van der Waals surface area (Å²) in [6, 6.07) is 12.9. The number of hydrogen-bond acceptors (Lipinski definition) is 3. The quantitative estimate of drug-likeness (QED) is 0.739. The van der Waals surface area contributed by atoms with Gasteiger partial charge in [-0.15, -0.1) is 0 Å². The lowest BCUT2D eigenvalue weighted by atomic mass is 9.82. The molecule has 0 atom stereocenters. The molecule has 0 heterocycles. The highest BCUT2D eigenvalue weighted by Crippen LogP contribution is 2.49. The van der Waals surface area contributed by atoms with Crippen LogP contribution >= 0.6 is 15.9 Å². The maximum absolute atomic E-state index is 5.63. The second-order valence-corrected chi connectivity index (χ2v) is 10.1. The van der Waals surface area contributed by atoms with Crippen molar-refractivity contribution in [1.29, 1.82) is 0 Å². The monoisotopic (exact) mass is 392 g/mol. The molecule has 0 saturated carbocycles. The van der Waals surface area contributed by atoms with Crippen molar-refractivity contribution in [1.82, 2.24) is 0 Å². The fourth-order valence-corrected chi connectivity index (χ4v) is 5.68. The van der Waals surface area contributed by atoms with Crippen LogP contribution in [0, 0.1) is 0 Å². The van der Waals surface area contributed by atoms with Crippen LogP contribution in [-0.4, -0.2) is 30.1 Å². The van der Waals surface area contributed by atoms with Crippen LogP contribution in [-0.2, 0) is 18.7 Å². The van der Waals surface area contributed by atoms with Crippen LogP contribution in [0.2, 0.25) is 0 Å². The second kappa shape index (κ2) is 5.83. The maximum Gasteiger partial charge on any atom is 0.536 e. The summed E-state index contributed by atoms with van der Waals surface area (Å²) < 4.78 is 18.0. The Balaban J connectivity index is 2.20. The number of rotatable bonds is 4. The van der Waals surface area contributed by atoms with E-state index < -0.39 is 8.80 Å². The highest BCUT2D eigenvalue weighted by atomic mass is 79.9. The predicted molar refractivity (Wildman–Crippen MR) is 98.1 cm³/mol. The van der Waals surface area contributed by atoms with Gasteiger partial charge in [-0.2, -0.15) is 0 Å². The van der Waals surface area contributed by atoms with E-state index in [0.29, 0.717) is 0 Å². The van der Waals surface area contributed by atoms with E-state index in [-0.39, 0.29) is 5.41 Å². The Bertz CT molecular complexity index is 746. The van der Waals surface area contributed by atoms with Crippen LogP contribution < -0.4 is 5.19 Å². The summed E-state index contributed by atoms with van der Waals surface area (Å²) in [6.07, 6.45) is 0. The topological polar surface area (TPSA) is 27.7 Å². The number of halogens is 1. The van der Waals surface area contributed by atoms with E-state index in [1.807, 2.05) is 0 Å². The Morgan fingerprint density at radius 1 is 0.826 bits per heavy atom. The zero-order chi connectivity index (χ0) is 16.8. The highest BCUT2D eigenvalue weighted by Gasteiger charge is 2.43. The van der Waals surface area contributed by atoms with Gasteiger partial charge in [-0.05, 0) is 34.4 Å². The Morgan fingerprint density at radius 3 is 1.91 bits per heavy atom. The van der Waals surface area contributed by atoms with Gasteiger partial charge in [0, 0.05) is 36.4 Å². The van der Waals surface area contributed by atoms with E-state index in [9.17, 15) is 0 Å². The summed E-state index contributed by atoms with van der Waals surface area (Å²) in [6.45, 7) is 4.51. The molecule has 0 saturated heterocycles. The average Bonchev–Trinajstić information content (AvgIpc) is 2.78. The van der Waals surface area contributed by atoms with Crippen molar-refractivity contribution in [3.05, 3.63) is 52.0 Å². The van der Waals surface area contributed by atoms with Gasteiger partial charge in [0.2, 0.25) is 0 Å². The lowest BCUT2D eigenvalue weighted by Crippen LogP contribution is -2.54. The van der Waals surface area contributed by atoms with Crippen LogP contribution in [0.15, 0.2) is 40.9 Å². The van der Waals surface area contributed by atoms with E-state index in [1.54, 1.807) is 21.3 Å². The van der Waals surface area contributed by atoms with Crippen molar-refractivity contribution in [2.75, 3.05) is 21.3 Å². The van der Waals surface area contributed by atoms with Crippen LogP contribution in [0.3, 0.4) is 0 Å². The molecule has 5 heteroatoms. The van der Waals surface area contributed by atoms with Crippen molar-refractivity contribution < 1.29 is 13.3 Å². The highest BCUT2D eigenvalue weighted by molar-refractivity contribution is 9.10. The van der Waals surface area contributed by atoms with E-state index in [2.05, 4.69) is 66.2 Å². The number of hydrogen-bond donors (Lipinski definition) is 0. The largest absolute Gasteiger partial charge is 0.536 e. The van der Waals surface area contributed by atoms with Crippen molar-refractivity contribution in [2.24, 2.45) is 0 Å². The van der Waals surface area contributed by atoms with Gasteiger partial charge in [-0.3, -0.25) is 0 Å². The van der Waals surface area contributed by atoms with E-state index in [1.165, 1.54) is 22.3 Å². The predicted octanol–water partition coefficient (Wildman–Crippen LogP) is 3.84. The lowest BCUT2D eigenvalue weighted by Gasteiger charge is -2.27. The normalized spacial score (nSPS) is 15.4. The van der Waals surface area contributed by atoms with Gasteiger partial charge in [-0.1, -0.05) is 54.0 Å². The van der Waals surface area contributed by atoms with E-state index in [4.69, 9.17) is 13.3 Å². The Labute approximate surface area is 147 Å². The van der Waals surface area contributed by atoms with Crippen LogP contribution in [0.5, 0.6) is 0 Å². The standard InChI is InChI=1S/C18H21BrO3Si/c1-18(2)16-10-12(19)6-8-14(16)15-9-7-13(11-17(15)18)23(20-3,21-4)22-5/h6-11H,1-5H3. The molecule has 122 valence electrons. The molecule has 0 spiro atoms. The molecule has 0 bridgehead atoms. The minimum Gasteiger partial charge on any atom is -0.373 e. The Morgan fingerprint density at radius 2 is 1.35 bits per heavy atom. The zero-order valence-electron chi connectivity index (χ0n) is 14.1. The average molecular weight is 393 g/mol. The smallest absolute Gasteiger partial charge is 0.373 e. The molecule has 0 radical (unpaired) electrons. The molecule has 0 amide bonds. The number of benzene rings is 2. The molecule has 3 rings (SSSR count). The summed E-state index contributed by atoms with van der Waals surface area (Å²) in [5, 5.41) is 0.990. The molecule has 0 fully saturated rings. The van der Waals surface area contributed by atoms with E-state index in [0.717, 1.165) is 9.66 Å². The van der Waals surface area contributed by atoms with Gasteiger partial charge in [-0.25, -0.2) is 0 Å². The third kappa shape index (κ3) is 2.42. The van der Waals surface area contributed by atoms with Gasteiger partial charge >= 0.3 is 8.80 Å². The van der Waals surface area contributed by atoms with Gasteiger partial charge in [0.05, 0.1) is 0 Å². The molecule has 1 aliphatic carbocycles. The Kier molecular flexibility index (Phi) is 4.27. The first-order valence-corrected chi connectivity index (χ1v) is 10.0. The summed E-state index contributed by atoms with van der Waals surface area (Å²) in [4.78, 5) is 0. The molecule has 0 aromatic heterocycles. The Hall–Kier alpha value is -0.983. The third-order valence-corrected chi connectivity index (χ3v) is 7.92. The summed E-state index contributed by atoms with van der Waals surface area (Å²) >= 11 is 3.59. The molecule has 0 unspecified atom stereocenters. The summed E-state index contributed by atoms with van der Waals surface area (Å²) in [5.41, 5.74) is 5.11. The van der Waals surface area contributed by atoms with Crippen LogP contribution in [0.4, 0.5) is 0 Å². The first-order valence-electron chi connectivity index (χ1n) is 7.50. The fourth-order valence-electron chi connectivity index (χ4n) is 3.50. The molecule has 1 aliphatic rings. The molecule has 0 aliphatic heterocycles. The first kappa shape index (κ1) is 16.9. The molecular weight excluding hydrogens is 372 g/mol. The van der Waals surface area contributed by atoms with Crippen molar-refractivity contribution in [2.45, 2.75) is 19.3 Å². The minimum atomic E-state index is -2.82. The maximum atomic E-state index is 5.63. The lowest BCUT2D eigenvalue weighted by molar-refractivity contribution is 0.140. The molecular formula is C18H21BrO3Si. The first-order chi connectivity index (χ1) is 10.9. The molecule has 2 aromatic rings. The molecule has 0 N–H and O–H groups in total. The number of fused-ring (bicyclic) bond motifs is 3. The SMILES string of the molecule is CO[Si](OC)(OC)c1ccc2c(c1)C(C)(C)c1cc(Br)ccc1-2. The summed E-state index contributed by atoms with van der Waals surface area (Å²) in [5.74, 6) is 0. The molecule has 3 nitrogen and oxygen atoms in total. The van der Waals surface area contributed by atoms with Crippen molar-refractivity contribution in [3.63, 3.8) is 0 Å². The van der Waals surface area contributed by atoms with Crippen molar-refractivity contribution in [3.8, 4) is 11.1 Å². The zero-order valence-corrected chi connectivity index (χ0v) is 16.7. The van der Waals surface area contributed by atoms with Gasteiger partial charge in [0.15, 0.2) is 0 Å². The third-order valence-electron chi connectivity index (χ3n) is 4.80. The second-order valence-electron chi connectivity index (χ2n) is 6.24. The van der Waals surface area contributed by atoms with Gasteiger partial charge < -0.3 is 13.3 Å². The summed E-state index contributed by atoms with van der Waals surface area (Å²) in [7, 11) is 2.10. The molecule has 23 heavy (non-hydrogen) atoms. The minimum absolute atomic E-state index is 0.0696. The fraction of sp³-hybridized carbons (Fsp3) is 0.333.